The quantitative estimate of drug-likeness (QED) is 0.884. The molecular formula is C16H19N3O4S. The monoisotopic (exact) mass is 349 g/mol. The van der Waals surface area contributed by atoms with E-state index in [1.807, 2.05) is 0 Å². The molecule has 2 atom stereocenters. The van der Waals surface area contributed by atoms with Gasteiger partial charge < -0.3 is 5.11 Å². The number of aliphatic carboxylic acids is 1. The summed E-state index contributed by atoms with van der Waals surface area (Å²) >= 11 is 0. The number of hydrogen-bond donors (Lipinski definition) is 2. The molecule has 0 fully saturated rings. The fraction of sp³-hybridized carbons (Fsp3) is 0.375. The van der Waals surface area contributed by atoms with Gasteiger partial charge in [-0.25, -0.2) is 8.42 Å². The number of para-hydroxylation sites is 1. The van der Waals surface area contributed by atoms with Crippen molar-refractivity contribution in [2.75, 3.05) is 4.31 Å². The number of anilines is 1. The zero-order chi connectivity index (χ0) is 17.6. The molecule has 1 aromatic carbocycles. The number of aryl methyl sites for hydroxylation is 2. The highest BCUT2D eigenvalue weighted by molar-refractivity contribution is 7.93. The van der Waals surface area contributed by atoms with Gasteiger partial charge >= 0.3 is 5.97 Å². The first-order valence-corrected chi connectivity index (χ1v) is 9.07. The standard InChI is InChI=1S/C16H19N3O4S/c1-9-8-13(16(20)21)12-6-4-5-7-14(12)19(9)24(22,23)15-10(2)17-18-11(15)3/h4-7,9,13H,8H2,1-3H3,(H,17,18)(H,20,21). The fourth-order valence-electron chi connectivity index (χ4n) is 3.40. The van der Waals surface area contributed by atoms with Gasteiger partial charge in [-0.3, -0.25) is 14.2 Å². The molecule has 7 nitrogen and oxygen atoms in total. The Hall–Kier alpha value is -2.35. The SMILES string of the molecule is Cc1n[nH]c(C)c1S(=O)(=O)N1c2ccccc2C(C(=O)O)CC1C. The zero-order valence-electron chi connectivity index (χ0n) is 13.6. The Kier molecular flexibility index (Phi) is 3.87. The smallest absolute Gasteiger partial charge is 0.311 e. The molecule has 0 saturated heterocycles. The Labute approximate surface area is 140 Å². The van der Waals surface area contributed by atoms with E-state index in [1.165, 1.54) is 4.31 Å². The number of sulfonamides is 1. The van der Waals surface area contributed by atoms with Crippen LogP contribution in [0, 0.1) is 13.8 Å². The van der Waals surface area contributed by atoms with E-state index in [-0.39, 0.29) is 11.3 Å². The van der Waals surface area contributed by atoms with E-state index in [2.05, 4.69) is 10.2 Å². The highest BCUT2D eigenvalue weighted by Crippen LogP contribution is 2.41. The zero-order valence-corrected chi connectivity index (χ0v) is 14.5. The second-order valence-electron chi connectivity index (χ2n) is 6.10. The number of nitrogens with zero attached hydrogens (tertiary/aromatic N) is 2. The molecule has 2 unspecified atom stereocenters. The summed E-state index contributed by atoms with van der Waals surface area (Å²) < 4.78 is 27.8. The summed E-state index contributed by atoms with van der Waals surface area (Å²) in [6, 6.07) is 6.30. The molecule has 2 heterocycles. The summed E-state index contributed by atoms with van der Waals surface area (Å²) in [4.78, 5) is 11.7. The third-order valence-electron chi connectivity index (χ3n) is 4.40. The molecule has 0 bridgehead atoms. The molecule has 0 saturated carbocycles. The van der Waals surface area contributed by atoms with Crippen LogP contribution < -0.4 is 4.31 Å². The Morgan fingerprint density at radius 3 is 2.58 bits per heavy atom. The number of rotatable bonds is 3. The summed E-state index contributed by atoms with van der Waals surface area (Å²) in [5, 5.41) is 16.2. The average Bonchev–Trinajstić information content (AvgIpc) is 2.85. The number of carbonyl (C=O) groups is 1. The topological polar surface area (TPSA) is 103 Å². The first-order valence-electron chi connectivity index (χ1n) is 7.63. The average molecular weight is 349 g/mol. The van der Waals surface area contributed by atoms with Crippen molar-refractivity contribution < 1.29 is 18.3 Å². The molecular weight excluding hydrogens is 330 g/mol. The predicted molar refractivity (Wildman–Crippen MR) is 88.6 cm³/mol. The molecule has 0 radical (unpaired) electrons. The van der Waals surface area contributed by atoms with Gasteiger partial charge in [0.15, 0.2) is 0 Å². The van der Waals surface area contributed by atoms with Gasteiger partial charge in [0.2, 0.25) is 0 Å². The molecule has 24 heavy (non-hydrogen) atoms. The van der Waals surface area contributed by atoms with Gasteiger partial charge in [0.1, 0.15) is 4.90 Å². The normalized spacial score (nSPS) is 20.7. The summed E-state index contributed by atoms with van der Waals surface area (Å²) in [7, 11) is -3.85. The number of carboxylic acid groups (broad SMARTS) is 1. The first kappa shape index (κ1) is 16.5. The lowest BCUT2D eigenvalue weighted by atomic mass is 9.87. The second kappa shape index (κ2) is 5.62. The number of hydrogen-bond acceptors (Lipinski definition) is 4. The van der Waals surface area contributed by atoms with Crippen LogP contribution in [0.3, 0.4) is 0 Å². The Morgan fingerprint density at radius 1 is 1.33 bits per heavy atom. The highest BCUT2D eigenvalue weighted by Gasteiger charge is 2.41. The molecule has 0 spiro atoms. The minimum atomic E-state index is -3.85. The number of benzene rings is 1. The number of nitrogens with one attached hydrogen (secondary N) is 1. The van der Waals surface area contributed by atoms with Gasteiger partial charge in [0.05, 0.1) is 23.0 Å². The maximum Gasteiger partial charge on any atom is 0.311 e. The number of aromatic nitrogens is 2. The minimum Gasteiger partial charge on any atom is -0.481 e. The van der Waals surface area contributed by atoms with Gasteiger partial charge in [0.25, 0.3) is 10.0 Å². The largest absolute Gasteiger partial charge is 0.481 e. The summed E-state index contributed by atoms with van der Waals surface area (Å²) in [6.45, 7) is 5.03. The van der Waals surface area contributed by atoms with Crippen LogP contribution in [0.5, 0.6) is 0 Å². The van der Waals surface area contributed by atoms with Crippen LogP contribution in [0.15, 0.2) is 29.2 Å². The number of H-pyrrole nitrogens is 1. The predicted octanol–water partition coefficient (Wildman–Crippen LogP) is 2.18. The van der Waals surface area contributed by atoms with Crippen molar-refractivity contribution in [3.05, 3.63) is 41.2 Å². The molecule has 3 rings (SSSR count). The number of fused-ring (bicyclic) bond motifs is 1. The molecule has 1 aromatic heterocycles. The lowest BCUT2D eigenvalue weighted by Gasteiger charge is -2.38. The van der Waals surface area contributed by atoms with E-state index in [0.29, 0.717) is 22.6 Å². The lowest BCUT2D eigenvalue weighted by Crippen LogP contribution is -2.44. The Morgan fingerprint density at radius 2 is 2.00 bits per heavy atom. The second-order valence-corrected chi connectivity index (χ2v) is 7.85. The van der Waals surface area contributed by atoms with E-state index < -0.39 is 28.0 Å². The van der Waals surface area contributed by atoms with E-state index in [4.69, 9.17) is 0 Å². The number of aromatic amines is 1. The van der Waals surface area contributed by atoms with Crippen LogP contribution in [-0.2, 0) is 14.8 Å². The van der Waals surface area contributed by atoms with Crippen LogP contribution >= 0.6 is 0 Å². The highest BCUT2D eigenvalue weighted by atomic mass is 32.2. The van der Waals surface area contributed by atoms with Crippen molar-refractivity contribution in [3.63, 3.8) is 0 Å². The first-order chi connectivity index (χ1) is 11.2. The van der Waals surface area contributed by atoms with Crippen molar-refractivity contribution in [2.24, 2.45) is 0 Å². The summed E-state index contributed by atoms with van der Waals surface area (Å²) in [5.74, 6) is -1.66. The molecule has 128 valence electrons. The molecule has 0 amide bonds. The van der Waals surface area contributed by atoms with Crippen molar-refractivity contribution >= 4 is 21.7 Å². The van der Waals surface area contributed by atoms with Gasteiger partial charge in [-0.2, -0.15) is 5.10 Å². The van der Waals surface area contributed by atoms with Gasteiger partial charge in [0, 0.05) is 6.04 Å². The van der Waals surface area contributed by atoms with Crippen molar-refractivity contribution in [3.8, 4) is 0 Å². The third kappa shape index (κ3) is 2.37. The van der Waals surface area contributed by atoms with E-state index in [0.717, 1.165) is 0 Å². The van der Waals surface area contributed by atoms with E-state index in [1.54, 1.807) is 45.0 Å². The molecule has 2 aromatic rings. The molecule has 0 aliphatic carbocycles. The summed E-state index contributed by atoms with van der Waals surface area (Å²) in [6.07, 6.45) is 0.224. The van der Waals surface area contributed by atoms with Crippen molar-refractivity contribution in [1.82, 2.24) is 10.2 Å². The van der Waals surface area contributed by atoms with E-state index in [9.17, 15) is 18.3 Å². The molecule has 8 heteroatoms. The van der Waals surface area contributed by atoms with Crippen LogP contribution in [0.4, 0.5) is 5.69 Å². The van der Waals surface area contributed by atoms with Crippen molar-refractivity contribution in [1.29, 1.82) is 0 Å². The molecule has 1 aliphatic rings. The summed E-state index contributed by atoms with van der Waals surface area (Å²) in [5.41, 5.74) is 1.81. The van der Waals surface area contributed by atoms with Crippen LogP contribution in [-0.4, -0.2) is 35.7 Å². The maximum atomic E-state index is 13.3. The number of carboxylic acids is 1. The van der Waals surface area contributed by atoms with Crippen LogP contribution in [0.2, 0.25) is 0 Å². The lowest BCUT2D eigenvalue weighted by molar-refractivity contribution is -0.139. The minimum absolute atomic E-state index is 0.151. The Bertz CT molecular complexity index is 884. The van der Waals surface area contributed by atoms with Crippen LogP contribution in [0.1, 0.15) is 36.2 Å². The van der Waals surface area contributed by atoms with Gasteiger partial charge in [-0.15, -0.1) is 0 Å². The van der Waals surface area contributed by atoms with E-state index >= 15 is 0 Å². The van der Waals surface area contributed by atoms with Crippen molar-refractivity contribution in [2.45, 2.75) is 44.0 Å². The fourth-order valence-corrected chi connectivity index (χ4v) is 5.44. The third-order valence-corrected chi connectivity index (χ3v) is 6.59. The van der Waals surface area contributed by atoms with Crippen LogP contribution in [0.25, 0.3) is 0 Å². The molecule has 1 aliphatic heterocycles. The maximum absolute atomic E-state index is 13.3. The van der Waals surface area contributed by atoms with Gasteiger partial charge in [-0.1, -0.05) is 18.2 Å². The molecule has 2 N–H and O–H groups in total. The Balaban J connectivity index is 2.21. The van der Waals surface area contributed by atoms with Gasteiger partial charge in [-0.05, 0) is 38.8 Å².